The smallest absolute Gasteiger partial charge is 0.326 e. The topological polar surface area (TPSA) is 81.7 Å². The van der Waals surface area contributed by atoms with Crippen molar-refractivity contribution in [2.45, 2.75) is 26.8 Å². The number of aromatic hydroxyl groups is 1. The van der Waals surface area contributed by atoms with Crippen molar-refractivity contribution >= 4 is 23.3 Å². The third-order valence-corrected chi connectivity index (χ3v) is 3.69. The fourth-order valence-corrected chi connectivity index (χ4v) is 2.29. The number of amides is 3. The Labute approximate surface area is 147 Å². The first-order valence-electron chi connectivity index (χ1n) is 8.03. The SMILES string of the molecule is Cc1ccc(NC(=O)N(C)c2ccc(O)cc2)cc1C(=O)NC(C)C. The molecule has 0 atom stereocenters. The molecule has 132 valence electrons. The second-order valence-corrected chi connectivity index (χ2v) is 6.16. The minimum absolute atomic E-state index is 0.0331. The van der Waals surface area contributed by atoms with Gasteiger partial charge in [-0.15, -0.1) is 0 Å². The zero-order valence-corrected chi connectivity index (χ0v) is 14.8. The van der Waals surface area contributed by atoms with Crippen LogP contribution in [0.25, 0.3) is 0 Å². The molecule has 6 heteroatoms. The van der Waals surface area contributed by atoms with Gasteiger partial charge in [0.1, 0.15) is 5.75 Å². The van der Waals surface area contributed by atoms with Crippen LogP contribution < -0.4 is 15.5 Å². The number of anilines is 2. The molecule has 0 aliphatic heterocycles. The normalized spacial score (nSPS) is 10.4. The highest BCUT2D eigenvalue weighted by Gasteiger charge is 2.14. The predicted molar refractivity (Wildman–Crippen MR) is 99.3 cm³/mol. The molecule has 25 heavy (non-hydrogen) atoms. The van der Waals surface area contributed by atoms with Crippen molar-refractivity contribution in [2.75, 3.05) is 17.3 Å². The van der Waals surface area contributed by atoms with E-state index in [2.05, 4.69) is 10.6 Å². The van der Waals surface area contributed by atoms with Gasteiger partial charge < -0.3 is 15.7 Å². The van der Waals surface area contributed by atoms with E-state index in [1.165, 1.54) is 17.0 Å². The molecular formula is C19H23N3O3. The van der Waals surface area contributed by atoms with Crippen molar-refractivity contribution in [2.24, 2.45) is 0 Å². The Kier molecular flexibility index (Phi) is 5.64. The Bertz CT molecular complexity index is 770. The highest BCUT2D eigenvalue weighted by atomic mass is 16.3. The summed E-state index contributed by atoms with van der Waals surface area (Å²) in [5.41, 5.74) is 2.54. The second kappa shape index (κ2) is 7.70. The maximum absolute atomic E-state index is 12.4. The molecule has 3 amide bonds. The number of hydrogen-bond donors (Lipinski definition) is 3. The first kappa shape index (κ1) is 18.3. The number of carbonyl (C=O) groups excluding carboxylic acids is 2. The highest BCUT2D eigenvalue weighted by molar-refractivity contribution is 6.03. The molecule has 0 bridgehead atoms. The van der Waals surface area contributed by atoms with Gasteiger partial charge in [-0.05, 0) is 62.7 Å². The molecule has 0 saturated carbocycles. The van der Waals surface area contributed by atoms with Gasteiger partial charge in [-0.3, -0.25) is 9.69 Å². The lowest BCUT2D eigenvalue weighted by atomic mass is 10.1. The van der Waals surface area contributed by atoms with Gasteiger partial charge in [0.25, 0.3) is 5.91 Å². The third kappa shape index (κ3) is 4.73. The third-order valence-electron chi connectivity index (χ3n) is 3.69. The van der Waals surface area contributed by atoms with Crippen molar-refractivity contribution in [3.8, 4) is 5.75 Å². The summed E-state index contributed by atoms with van der Waals surface area (Å²) in [4.78, 5) is 26.1. The molecule has 2 aromatic rings. The van der Waals surface area contributed by atoms with Crippen molar-refractivity contribution in [3.63, 3.8) is 0 Å². The number of nitrogens with one attached hydrogen (secondary N) is 2. The second-order valence-electron chi connectivity index (χ2n) is 6.16. The molecule has 0 heterocycles. The molecule has 0 aromatic heterocycles. The Hall–Kier alpha value is -3.02. The number of urea groups is 1. The number of phenolic OH excluding ortho intramolecular Hbond substituents is 1. The van der Waals surface area contributed by atoms with E-state index in [1.54, 1.807) is 37.4 Å². The fourth-order valence-electron chi connectivity index (χ4n) is 2.29. The summed E-state index contributed by atoms with van der Waals surface area (Å²) in [5, 5.41) is 14.9. The molecule has 0 unspecified atom stereocenters. The Balaban J connectivity index is 2.15. The van der Waals surface area contributed by atoms with Gasteiger partial charge in [-0.25, -0.2) is 4.79 Å². The van der Waals surface area contributed by atoms with Crippen LogP contribution in [-0.4, -0.2) is 30.1 Å². The van der Waals surface area contributed by atoms with E-state index >= 15 is 0 Å². The van der Waals surface area contributed by atoms with Crippen LogP contribution >= 0.6 is 0 Å². The molecule has 2 aromatic carbocycles. The molecule has 6 nitrogen and oxygen atoms in total. The van der Waals surface area contributed by atoms with E-state index in [0.717, 1.165) is 5.56 Å². The van der Waals surface area contributed by atoms with Gasteiger partial charge in [0, 0.05) is 30.0 Å². The molecule has 0 aliphatic carbocycles. The average Bonchev–Trinajstić information content (AvgIpc) is 2.56. The number of aryl methyl sites for hydroxylation is 1. The van der Waals surface area contributed by atoms with Gasteiger partial charge in [-0.2, -0.15) is 0 Å². The first-order chi connectivity index (χ1) is 11.8. The summed E-state index contributed by atoms with van der Waals surface area (Å²) in [6.07, 6.45) is 0. The number of nitrogens with zero attached hydrogens (tertiary/aromatic N) is 1. The van der Waals surface area contributed by atoms with Crippen LogP contribution in [0.2, 0.25) is 0 Å². The van der Waals surface area contributed by atoms with E-state index < -0.39 is 0 Å². The average molecular weight is 341 g/mol. The zero-order valence-electron chi connectivity index (χ0n) is 14.8. The van der Waals surface area contributed by atoms with Gasteiger partial charge in [-0.1, -0.05) is 6.07 Å². The number of hydrogen-bond acceptors (Lipinski definition) is 3. The summed E-state index contributed by atoms with van der Waals surface area (Å²) < 4.78 is 0. The van der Waals surface area contributed by atoms with Crippen LogP contribution in [0.3, 0.4) is 0 Å². The summed E-state index contributed by atoms with van der Waals surface area (Å²) in [6.45, 7) is 5.64. The van der Waals surface area contributed by atoms with Crippen molar-refractivity contribution in [1.82, 2.24) is 5.32 Å². The number of phenols is 1. The Morgan fingerprint density at radius 2 is 1.72 bits per heavy atom. The maximum Gasteiger partial charge on any atom is 0.326 e. The van der Waals surface area contributed by atoms with E-state index in [0.29, 0.717) is 16.9 Å². The summed E-state index contributed by atoms with van der Waals surface area (Å²) in [5.74, 6) is -0.0348. The lowest BCUT2D eigenvalue weighted by Crippen LogP contribution is -2.32. The van der Waals surface area contributed by atoms with Crippen LogP contribution in [-0.2, 0) is 0 Å². The fraction of sp³-hybridized carbons (Fsp3) is 0.263. The number of rotatable bonds is 4. The molecule has 0 aliphatic rings. The van der Waals surface area contributed by atoms with E-state index in [1.807, 2.05) is 20.8 Å². The van der Waals surface area contributed by atoms with Gasteiger partial charge in [0.15, 0.2) is 0 Å². The van der Waals surface area contributed by atoms with Crippen LogP contribution in [0.1, 0.15) is 29.8 Å². The van der Waals surface area contributed by atoms with Gasteiger partial charge in [0.05, 0.1) is 0 Å². The molecular weight excluding hydrogens is 318 g/mol. The Morgan fingerprint density at radius 3 is 2.32 bits per heavy atom. The zero-order chi connectivity index (χ0) is 18.6. The predicted octanol–water partition coefficient (Wildman–Crippen LogP) is 3.51. The highest BCUT2D eigenvalue weighted by Crippen LogP contribution is 2.20. The van der Waals surface area contributed by atoms with E-state index in [9.17, 15) is 14.7 Å². The van der Waals surface area contributed by atoms with Crippen molar-refractivity contribution in [1.29, 1.82) is 0 Å². The Morgan fingerprint density at radius 1 is 1.08 bits per heavy atom. The monoisotopic (exact) mass is 341 g/mol. The number of benzene rings is 2. The summed E-state index contributed by atoms with van der Waals surface area (Å²) in [6, 6.07) is 11.2. The lowest BCUT2D eigenvalue weighted by molar-refractivity contribution is 0.0942. The number of carbonyl (C=O) groups is 2. The summed E-state index contributed by atoms with van der Waals surface area (Å²) >= 11 is 0. The first-order valence-corrected chi connectivity index (χ1v) is 8.03. The molecule has 0 spiro atoms. The van der Waals surface area contributed by atoms with Crippen LogP contribution in [0.4, 0.5) is 16.2 Å². The summed E-state index contributed by atoms with van der Waals surface area (Å²) in [7, 11) is 1.63. The molecule has 0 radical (unpaired) electrons. The maximum atomic E-state index is 12.4. The van der Waals surface area contributed by atoms with Crippen molar-refractivity contribution < 1.29 is 14.7 Å². The molecule has 2 rings (SSSR count). The molecule has 0 saturated heterocycles. The van der Waals surface area contributed by atoms with E-state index in [4.69, 9.17) is 0 Å². The quantitative estimate of drug-likeness (QED) is 0.796. The van der Waals surface area contributed by atoms with Crippen molar-refractivity contribution in [3.05, 3.63) is 53.6 Å². The van der Waals surface area contributed by atoms with Crippen LogP contribution in [0.15, 0.2) is 42.5 Å². The molecule has 3 N–H and O–H groups in total. The largest absolute Gasteiger partial charge is 0.508 e. The van der Waals surface area contributed by atoms with E-state index in [-0.39, 0.29) is 23.7 Å². The minimum Gasteiger partial charge on any atom is -0.508 e. The lowest BCUT2D eigenvalue weighted by Gasteiger charge is -2.19. The van der Waals surface area contributed by atoms with Gasteiger partial charge >= 0.3 is 6.03 Å². The van der Waals surface area contributed by atoms with Gasteiger partial charge in [0.2, 0.25) is 0 Å². The van der Waals surface area contributed by atoms with Crippen LogP contribution in [0.5, 0.6) is 5.75 Å². The van der Waals surface area contributed by atoms with Crippen LogP contribution in [0, 0.1) is 6.92 Å². The standard InChI is InChI=1S/C19H23N3O3/c1-12(2)20-18(24)17-11-14(6-5-13(17)3)21-19(25)22(4)15-7-9-16(23)10-8-15/h5-12,23H,1-4H3,(H,20,24)(H,21,25). The molecule has 0 fully saturated rings. The minimum atomic E-state index is -0.343.